The number of halogens is 1. The number of amides is 1. The second kappa shape index (κ2) is 6.62. The van der Waals surface area contributed by atoms with E-state index in [9.17, 15) is 23.3 Å². The number of sulfone groups is 1. The molecule has 1 aromatic carbocycles. The molecule has 120 valence electrons. The van der Waals surface area contributed by atoms with E-state index in [0.29, 0.717) is 18.5 Å². The van der Waals surface area contributed by atoms with Crippen molar-refractivity contribution >= 4 is 38.7 Å². The summed E-state index contributed by atoms with van der Waals surface area (Å²) in [4.78, 5) is 22.1. The van der Waals surface area contributed by atoms with Gasteiger partial charge in [0.2, 0.25) is 5.91 Å². The van der Waals surface area contributed by atoms with Crippen molar-refractivity contribution in [1.29, 1.82) is 0 Å². The van der Waals surface area contributed by atoms with Crippen LogP contribution in [0.2, 0.25) is 5.02 Å². The fourth-order valence-electron chi connectivity index (χ4n) is 2.35. The van der Waals surface area contributed by atoms with Crippen LogP contribution in [0.25, 0.3) is 0 Å². The van der Waals surface area contributed by atoms with Crippen molar-refractivity contribution in [3.63, 3.8) is 0 Å². The zero-order chi connectivity index (χ0) is 16.3. The number of anilines is 1. The molecule has 1 amide bonds. The monoisotopic (exact) mass is 346 g/mol. The molecule has 0 atom stereocenters. The van der Waals surface area contributed by atoms with Gasteiger partial charge in [-0.3, -0.25) is 14.9 Å². The number of rotatable bonds is 4. The van der Waals surface area contributed by atoms with Crippen LogP contribution in [0.1, 0.15) is 19.3 Å². The van der Waals surface area contributed by atoms with E-state index in [4.69, 9.17) is 11.6 Å². The number of carbonyl (C=O) groups is 1. The van der Waals surface area contributed by atoms with E-state index in [-0.39, 0.29) is 40.5 Å². The quantitative estimate of drug-likeness (QED) is 0.665. The third kappa shape index (κ3) is 4.41. The smallest absolute Gasteiger partial charge is 0.289 e. The van der Waals surface area contributed by atoms with Gasteiger partial charge in [-0.05, 0) is 30.9 Å². The van der Waals surface area contributed by atoms with E-state index in [0.717, 1.165) is 0 Å². The predicted octanol–water partition coefficient (Wildman–Crippen LogP) is 2.40. The Labute approximate surface area is 132 Å². The molecule has 7 nitrogen and oxygen atoms in total. The minimum absolute atomic E-state index is 0.000450. The molecule has 0 spiro atoms. The number of hydrogen-bond acceptors (Lipinski definition) is 5. The summed E-state index contributed by atoms with van der Waals surface area (Å²) in [5, 5.41) is 13.4. The standard InChI is InChI=1S/C13H15ClN2O5S/c14-11-2-1-10(8-12(11)16(18)19)15-13(17)7-9-3-5-22(20,21)6-4-9/h1-2,8-9H,3-7H2,(H,15,17). The molecule has 1 N–H and O–H groups in total. The first kappa shape index (κ1) is 16.7. The highest BCUT2D eigenvalue weighted by Gasteiger charge is 2.25. The number of benzene rings is 1. The predicted molar refractivity (Wildman–Crippen MR) is 82.7 cm³/mol. The number of hydrogen-bond donors (Lipinski definition) is 1. The normalized spacial score (nSPS) is 17.9. The summed E-state index contributed by atoms with van der Waals surface area (Å²) in [6, 6.07) is 4.03. The van der Waals surface area contributed by atoms with E-state index >= 15 is 0 Å². The lowest BCUT2D eigenvalue weighted by Gasteiger charge is -2.21. The first-order valence-corrected chi connectivity index (χ1v) is 8.91. The Hall–Kier alpha value is -1.67. The Bertz CT molecular complexity index is 690. The number of nitrogens with one attached hydrogen (secondary N) is 1. The highest BCUT2D eigenvalue weighted by atomic mass is 35.5. The molecule has 1 heterocycles. The molecule has 1 aliphatic rings. The van der Waals surface area contributed by atoms with Crippen LogP contribution in [0.5, 0.6) is 0 Å². The second-order valence-corrected chi connectivity index (χ2v) is 7.98. The molecular weight excluding hydrogens is 332 g/mol. The first-order chi connectivity index (χ1) is 10.3. The molecule has 22 heavy (non-hydrogen) atoms. The molecule has 0 aliphatic carbocycles. The Morgan fingerprint density at radius 2 is 2.00 bits per heavy atom. The van der Waals surface area contributed by atoms with Crippen molar-refractivity contribution in [3.8, 4) is 0 Å². The van der Waals surface area contributed by atoms with Gasteiger partial charge < -0.3 is 5.32 Å². The largest absolute Gasteiger partial charge is 0.326 e. The molecule has 1 aromatic rings. The van der Waals surface area contributed by atoms with Crippen LogP contribution in [0.4, 0.5) is 11.4 Å². The van der Waals surface area contributed by atoms with Crippen molar-refractivity contribution in [2.45, 2.75) is 19.3 Å². The molecule has 2 rings (SSSR count). The fourth-order valence-corrected chi connectivity index (χ4v) is 4.12. The van der Waals surface area contributed by atoms with Crippen molar-refractivity contribution in [1.82, 2.24) is 0 Å². The van der Waals surface area contributed by atoms with Crippen LogP contribution in [0, 0.1) is 16.0 Å². The summed E-state index contributed by atoms with van der Waals surface area (Å²) < 4.78 is 22.7. The van der Waals surface area contributed by atoms with Crippen molar-refractivity contribution in [3.05, 3.63) is 33.3 Å². The molecule has 0 saturated carbocycles. The van der Waals surface area contributed by atoms with E-state index < -0.39 is 14.8 Å². The SMILES string of the molecule is O=C(CC1CCS(=O)(=O)CC1)Nc1ccc(Cl)c([N+](=O)[O-])c1. The van der Waals surface area contributed by atoms with E-state index in [1.54, 1.807) is 0 Å². The molecule has 0 unspecified atom stereocenters. The van der Waals surface area contributed by atoms with Crippen molar-refractivity contribution in [2.24, 2.45) is 5.92 Å². The van der Waals surface area contributed by atoms with Crippen LogP contribution in [0.3, 0.4) is 0 Å². The highest BCUT2D eigenvalue weighted by molar-refractivity contribution is 7.91. The average molecular weight is 347 g/mol. The van der Waals surface area contributed by atoms with Gasteiger partial charge in [0.15, 0.2) is 0 Å². The number of carbonyl (C=O) groups excluding carboxylic acids is 1. The molecule has 0 aromatic heterocycles. The first-order valence-electron chi connectivity index (χ1n) is 6.71. The molecular formula is C13H15ClN2O5S. The van der Waals surface area contributed by atoms with Crippen LogP contribution >= 0.6 is 11.6 Å². The van der Waals surface area contributed by atoms with E-state index in [1.165, 1.54) is 18.2 Å². The summed E-state index contributed by atoms with van der Waals surface area (Å²) in [7, 11) is -2.95. The molecule has 1 fully saturated rings. The summed E-state index contributed by atoms with van der Waals surface area (Å²) in [6.07, 6.45) is 1.14. The summed E-state index contributed by atoms with van der Waals surface area (Å²) in [5.41, 5.74) is 0.0211. The molecule has 0 bridgehead atoms. The Kier molecular flexibility index (Phi) is 5.02. The van der Waals surface area contributed by atoms with Crippen molar-refractivity contribution in [2.75, 3.05) is 16.8 Å². The molecule has 9 heteroatoms. The Balaban J connectivity index is 1.95. The van der Waals surface area contributed by atoms with Gasteiger partial charge in [-0.2, -0.15) is 0 Å². The fraction of sp³-hybridized carbons (Fsp3) is 0.462. The third-order valence-electron chi connectivity index (χ3n) is 3.57. The number of nitro benzene ring substituents is 1. The summed E-state index contributed by atoms with van der Waals surface area (Å²) in [5.74, 6) is -0.0546. The van der Waals surface area contributed by atoms with E-state index in [1.807, 2.05) is 0 Å². The van der Waals surface area contributed by atoms with Gasteiger partial charge in [-0.15, -0.1) is 0 Å². The van der Waals surface area contributed by atoms with Gasteiger partial charge in [-0.25, -0.2) is 8.42 Å². The van der Waals surface area contributed by atoms with Gasteiger partial charge in [0, 0.05) is 18.2 Å². The third-order valence-corrected chi connectivity index (χ3v) is 5.61. The Morgan fingerprint density at radius 1 is 1.36 bits per heavy atom. The molecule has 1 saturated heterocycles. The maximum Gasteiger partial charge on any atom is 0.289 e. The number of nitrogens with zero attached hydrogens (tertiary/aromatic N) is 1. The summed E-state index contributed by atoms with van der Waals surface area (Å²) >= 11 is 5.70. The van der Waals surface area contributed by atoms with Gasteiger partial charge in [0.25, 0.3) is 5.69 Å². The van der Waals surface area contributed by atoms with Gasteiger partial charge >= 0.3 is 0 Å². The average Bonchev–Trinajstić information content (AvgIpc) is 2.43. The number of nitro groups is 1. The highest BCUT2D eigenvalue weighted by Crippen LogP contribution is 2.28. The maximum absolute atomic E-state index is 11.9. The van der Waals surface area contributed by atoms with Crippen molar-refractivity contribution < 1.29 is 18.1 Å². The lowest BCUT2D eigenvalue weighted by molar-refractivity contribution is -0.384. The lowest BCUT2D eigenvalue weighted by atomic mass is 9.98. The van der Waals surface area contributed by atoms with Gasteiger partial charge in [0.1, 0.15) is 14.9 Å². The minimum atomic E-state index is -2.95. The van der Waals surface area contributed by atoms with Crippen LogP contribution < -0.4 is 5.32 Å². The zero-order valence-corrected chi connectivity index (χ0v) is 13.2. The lowest BCUT2D eigenvalue weighted by Crippen LogP contribution is -2.26. The zero-order valence-electron chi connectivity index (χ0n) is 11.6. The Morgan fingerprint density at radius 3 is 2.59 bits per heavy atom. The molecule has 1 aliphatic heterocycles. The van der Waals surface area contributed by atoms with Crippen LogP contribution in [-0.2, 0) is 14.6 Å². The van der Waals surface area contributed by atoms with Gasteiger partial charge in [0.05, 0.1) is 16.4 Å². The summed E-state index contributed by atoms with van der Waals surface area (Å²) in [6.45, 7) is 0. The topological polar surface area (TPSA) is 106 Å². The van der Waals surface area contributed by atoms with Crippen LogP contribution in [0.15, 0.2) is 18.2 Å². The van der Waals surface area contributed by atoms with Crippen LogP contribution in [-0.4, -0.2) is 30.8 Å². The minimum Gasteiger partial charge on any atom is -0.326 e. The second-order valence-electron chi connectivity index (χ2n) is 5.27. The maximum atomic E-state index is 11.9. The molecule has 0 radical (unpaired) electrons. The van der Waals surface area contributed by atoms with E-state index in [2.05, 4.69) is 5.32 Å². The van der Waals surface area contributed by atoms with Gasteiger partial charge in [-0.1, -0.05) is 11.6 Å².